The van der Waals surface area contributed by atoms with Crippen LogP contribution in [0.1, 0.15) is 23.1 Å². The Morgan fingerprint density at radius 2 is 1.95 bits per heavy atom. The number of hydrogen-bond acceptors (Lipinski definition) is 3. The quantitative estimate of drug-likeness (QED) is 0.936. The Hall–Kier alpha value is -2.38. The van der Waals surface area contributed by atoms with Crippen molar-refractivity contribution in [2.45, 2.75) is 26.8 Å². The van der Waals surface area contributed by atoms with Crippen LogP contribution in [0.5, 0.6) is 0 Å². The summed E-state index contributed by atoms with van der Waals surface area (Å²) in [6, 6.07) is 11.3. The largest absolute Gasteiger partial charge is 0.396 e. The van der Waals surface area contributed by atoms with Crippen LogP contribution in [0.15, 0.2) is 35.1 Å². The van der Waals surface area contributed by atoms with E-state index in [2.05, 4.69) is 0 Å². The number of aromatic nitrogens is 1. The molecule has 0 fully saturated rings. The van der Waals surface area contributed by atoms with Crippen molar-refractivity contribution < 1.29 is 5.11 Å². The molecular formula is C17H18N2O2. The molecule has 0 aliphatic rings. The summed E-state index contributed by atoms with van der Waals surface area (Å²) < 4.78 is 1.57. The van der Waals surface area contributed by atoms with Gasteiger partial charge in [0.05, 0.1) is 5.69 Å². The molecule has 0 saturated heterocycles. The van der Waals surface area contributed by atoms with Crippen molar-refractivity contribution >= 4 is 0 Å². The molecule has 4 heteroatoms. The van der Waals surface area contributed by atoms with Crippen LogP contribution in [0.4, 0.5) is 0 Å². The average Bonchev–Trinajstić information content (AvgIpc) is 2.48. The van der Waals surface area contributed by atoms with E-state index in [0.717, 1.165) is 16.8 Å². The standard InChI is InChI=1S/C17H18N2O2/c1-12-4-5-14(10-13(12)2)16-7-6-15(11-18)17(21)19(16)8-3-9-20/h4-7,10,20H,3,8-9H2,1-2H3. The molecule has 2 aromatic rings. The molecule has 1 heterocycles. The fourth-order valence-electron chi connectivity index (χ4n) is 2.27. The van der Waals surface area contributed by atoms with E-state index in [1.54, 1.807) is 16.7 Å². The maximum Gasteiger partial charge on any atom is 0.268 e. The highest BCUT2D eigenvalue weighted by Crippen LogP contribution is 2.21. The van der Waals surface area contributed by atoms with E-state index in [1.807, 2.05) is 38.1 Å². The minimum atomic E-state index is -0.304. The van der Waals surface area contributed by atoms with Crippen LogP contribution < -0.4 is 5.56 Å². The summed E-state index contributed by atoms with van der Waals surface area (Å²) in [5.74, 6) is 0. The van der Waals surface area contributed by atoms with Crippen LogP contribution >= 0.6 is 0 Å². The molecule has 1 aromatic carbocycles. The number of nitriles is 1. The van der Waals surface area contributed by atoms with Gasteiger partial charge < -0.3 is 9.67 Å². The lowest BCUT2D eigenvalue weighted by molar-refractivity contribution is 0.279. The molecule has 0 aliphatic heterocycles. The number of aliphatic hydroxyl groups is 1. The highest BCUT2D eigenvalue weighted by Gasteiger charge is 2.10. The highest BCUT2D eigenvalue weighted by atomic mass is 16.3. The molecule has 0 unspecified atom stereocenters. The molecule has 2 rings (SSSR count). The molecule has 4 nitrogen and oxygen atoms in total. The van der Waals surface area contributed by atoms with Crippen molar-refractivity contribution in [3.8, 4) is 17.3 Å². The smallest absolute Gasteiger partial charge is 0.268 e. The first-order chi connectivity index (χ1) is 10.1. The third kappa shape index (κ3) is 3.04. The molecule has 0 atom stereocenters. The summed E-state index contributed by atoms with van der Waals surface area (Å²) in [4.78, 5) is 12.3. The zero-order chi connectivity index (χ0) is 15.4. The van der Waals surface area contributed by atoms with Crippen LogP contribution in [0.3, 0.4) is 0 Å². The topological polar surface area (TPSA) is 66.0 Å². The van der Waals surface area contributed by atoms with E-state index in [9.17, 15) is 4.79 Å². The van der Waals surface area contributed by atoms with Crippen molar-refractivity contribution in [1.29, 1.82) is 5.26 Å². The summed E-state index contributed by atoms with van der Waals surface area (Å²) in [6.07, 6.45) is 0.479. The zero-order valence-corrected chi connectivity index (χ0v) is 12.3. The van der Waals surface area contributed by atoms with Gasteiger partial charge in [-0.2, -0.15) is 5.26 Å². The van der Waals surface area contributed by atoms with Gasteiger partial charge in [0.25, 0.3) is 5.56 Å². The van der Waals surface area contributed by atoms with Gasteiger partial charge in [-0.05, 0) is 55.2 Å². The number of hydrogen-bond donors (Lipinski definition) is 1. The van der Waals surface area contributed by atoms with E-state index < -0.39 is 0 Å². The maximum absolute atomic E-state index is 12.3. The van der Waals surface area contributed by atoms with Crippen molar-refractivity contribution in [3.63, 3.8) is 0 Å². The molecule has 0 aliphatic carbocycles. The number of pyridine rings is 1. The SMILES string of the molecule is Cc1ccc(-c2ccc(C#N)c(=O)n2CCCO)cc1C. The summed E-state index contributed by atoms with van der Waals surface area (Å²) >= 11 is 0. The van der Waals surface area contributed by atoms with Gasteiger partial charge in [-0.1, -0.05) is 12.1 Å². The van der Waals surface area contributed by atoms with Gasteiger partial charge in [0.2, 0.25) is 0 Å². The molecular weight excluding hydrogens is 264 g/mol. The fraction of sp³-hybridized carbons (Fsp3) is 0.294. The van der Waals surface area contributed by atoms with E-state index in [1.165, 1.54) is 5.56 Å². The van der Waals surface area contributed by atoms with E-state index in [-0.39, 0.29) is 17.7 Å². The third-order valence-corrected chi connectivity index (χ3v) is 3.64. The van der Waals surface area contributed by atoms with E-state index >= 15 is 0 Å². The molecule has 0 radical (unpaired) electrons. The summed E-state index contributed by atoms with van der Waals surface area (Å²) in [7, 11) is 0. The Balaban J connectivity index is 2.62. The summed E-state index contributed by atoms with van der Waals surface area (Å²) in [5, 5.41) is 18.0. The molecule has 0 amide bonds. The van der Waals surface area contributed by atoms with Crippen LogP contribution in [0, 0.1) is 25.2 Å². The lowest BCUT2D eigenvalue weighted by Gasteiger charge is -2.14. The Labute approximate surface area is 123 Å². The minimum Gasteiger partial charge on any atom is -0.396 e. The molecule has 0 bridgehead atoms. The van der Waals surface area contributed by atoms with Crippen LogP contribution in [-0.2, 0) is 6.54 Å². The summed E-state index contributed by atoms with van der Waals surface area (Å²) in [6.45, 7) is 4.47. The molecule has 1 N–H and O–H groups in total. The second-order valence-electron chi connectivity index (χ2n) is 5.08. The normalized spacial score (nSPS) is 10.4. The van der Waals surface area contributed by atoms with Crippen molar-refractivity contribution in [1.82, 2.24) is 4.57 Å². The van der Waals surface area contributed by atoms with Crippen LogP contribution in [0.2, 0.25) is 0 Å². The zero-order valence-electron chi connectivity index (χ0n) is 12.3. The molecule has 1 aromatic heterocycles. The van der Waals surface area contributed by atoms with Gasteiger partial charge in [-0.3, -0.25) is 4.79 Å². The average molecular weight is 282 g/mol. The third-order valence-electron chi connectivity index (χ3n) is 3.64. The van der Waals surface area contributed by atoms with Crippen LogP contribution in [0.25, 0.3) is 11.3 Å². The Kier molecular flexibility index (Phi) is 4.56. The summed E-state index contributed by atoms with van der Waals surface area (Å²) in [5.41, 5.74) is 3.88. The number of nitrogens with zero attached hydrogens (tertiary/aromatic N) is 2. The number of benzene rings is 1. The van der Waals surface area contributed by atoms with Gasteiger partial charge in [0.15, 0.2) is 0 Å². The Morgan fingerprint density at radius 1 is 1.19 bits per heavy atom. The Morgan fingerprint density at radius 3 is 2.57 bits per heavy atom. The molecule has 108 valence electrons. The minimum absolute atomic E-state index is 0.00951. The number of aryl methyl sites for hydroxylation is 2. The highest BCUT2D eigenvalue weighted by molar-refractivity contribution is 5.62. The predicted octanol–water partition coefficient (Wildman–Crippen LogP) is 2.39. The van der Waals surface area contributed by atoms with Crippen molar-refractivity contribution in [2.75, 3.05) is 6.61 Å². The first-order valence-electron chi connectivity index (χ1n) is 6.91. The lowest BCUT2D eigenvalue weighted by Crippen LogP contribution is -2.24. The van der Waals surface area contributed by atoms with Gasteiger partial charge in [0, 0.05) is 13.2 Å². The van der Waals surface area contributed by atoms with E-state index in [0.29, 0.717) is 13.0 Å². The fourth-order valence-corrected chi connectivity index (χ4v) is 2.27. The monoisotopic (exact) mass is 282 g/mol. The van der Waals surface area contributed by atoms with Crippen molar-refractivity contribution in [3.05, 3.63) is 57.4 Å². The first-order valence-corrected chi connectivity index (χ1v) is 6.91. The number of aliphatic hydroxyl groups excluding tert-OH is 1. The van der Waals surface area contributed by atoms with E-state index in [4.69, 9.17) is 10.4 Å². The number of rotatable bonds is 4. The van der Waals surface area contributed by atoms with Gasteiger partial charge in [-0.15, -0.1) is 0 Å². The van der Waals surface area contributed by atoms with Gasteiger partial charge in [-0.25, -0.2) is 0 Å². The Bertz CT molecular complexity index is 754. The van der Waals surface area contributed by atoms with Gasteiger partial charge >= 0.3 is 0 Å². The maximum atomic E-state index is 12.3. The molecule has 0 saturated carbocycles. The second kappa shape index (κ2) is 6.38. The molecule has 0 spiro atoms. The van der Waals surface area contributed by atoms with Gasteiger partial charge in [0.1, 0.15) is 11.6 Å². The predicted molar refractivity (Wildman–Crippen MR) is 82.0 cm³/mol. The van der Waals surface area contributed by atoms with Crippen molar-refractivity contribution in [2.24, 2.45) is 0 Å². The molecule has 21 heavy (non-hydrogen) atoms. The first kappa shape index (κ1) is 15.0. The second-order valence-corrected chi connectivity index (χ2v) is 5.08. The van der Waals surface area contributed by atoms with Crippen LogP contribution in [-0.4, -0.2) is 16.3 Å². The lowest BCUT2D eigenvalue weighted by atomic mass is 10.0.